The van der Waals surface area contributed by atoms with Crippen LogP contribution in [0.1, 0.15) is 23.7 Å². The second-order valence-electron chi connectivity index (χ2n) is 5.09. The zero-order valence-corrected chi connectivity index (χ0v) is 13.0. The molecule has 2 aromatic rings. The van der Waals surface area contributed by atoms with Crippen LogP contribution in [-0.2, 0) is 16.0 Å². The normalized spacial score (nSPS) is 11.9. The van der Waals surface area contributed by atoms with E-state index in [1.807, 2.05) is 30.3 Å². The van der Waals surface area contributed by atoms with Crippen molar-refractivity contribution in [2.24, 2.45) is 0 Å². The van der Waals surface area contributed by atoms with Crippen molar-refractivity contribution in [3.05, 3.63) is 60.2 Å². The van der Waals surface area contributed by atoms with Gasteiger partial charge in [-0.2, -0.15) is 0 Å². The highest BCUT2D eigenvalue weighted by Gasteiger charge is 2.22. The fourth-order valence-electron chi connectivity index (χ4n) is 2.28. The Morgan fingerprint density at radius 2 is 2.00 bits per heavy atom. The number of aryl methyl sites for hydroxylation is 1. The Labute approximate surface area is 131 Å². The Morgan fingerprint density at radius 1 is 1.23 bits per heavy atom. The zero-order chi connectivity index (χ0) is 15.8. The van der Waals surface area contributed by atoms with E-state index in [0.717, 1.165) is 11.3 Å². The van der Waals surface area contributed by atoms with Crippen molar-refractivity contribution >= 4 is 5.91 Å². The highest BCUT2D eigenvalue weighted by molar-refractivity contribution is 5.76. The van der Waals surface area contributed by atoms with Gasteiger partial charge in [0.25, 0.3) is 0 Å². The maximum Gasteiger partial charge on any atom is 0.223 e. The molecule has 0 unspecified atom stereocenters. The quantitative estimate of drug-likeness (QED) is 0.787. The number of amides is 1. The first-order valence-electron chi connectivity index (χ1n) is 7.26. The molecule has 0 spiro atoms. The summed E-state index contributed by atoms with van der Waals surface area (Å²) in [6, 6.07) is 9.38. The molecule has 0 aliphatic rings. The lowest BCUT2D eigenvalue weighted by Gasteiger charge is -2.27. The van der Waals surface area contributed by atoms with Crippen LogP contribution in [0.25, 0.3) is 0 Å². The Bertz CT molecular complexity index is 575. The molecule has 0 bridgehead atoms. The number of hydrogen-bond donors (Lipinski definition) is 0. The van der Waals surface area contributed by atoms with E-state index < -0.39 is 0 Å². The summed E-state index contributed by atoms with van der Waals surface area (Å²) in [4.78, 5) is 22.5. The average Bonchev–Trinajstić information content (AvgIpc) is 2.58. The van der Waals surface area contributed by atoms with Gasteiger partial charge in [-0.05, 0) is 36.2 Å². The molecule has 1 amide bonds. The average molecular weight is 299 g/mol. The van der Waals surface area contributed by atoms with Gasteiger partial charge in [0, 0.05) is 39.2 Å². The first-order chi connectivity index (χ1) is 10.7. The fraction of sp³-hybridized carbons (Fsp3) is 0.353. The van der Waals surface area contributed by atoms with Gasteiger partial charge in [-0.15, -0.1) is 0 Å². The summed E-state index contributed by atoms with van der Waals surface area (Å²) in [6.45, 7) is 0.425. The van der Waals surface area contributed by atoms with Crippen molar-refractivity contribution in [2.75, 3.05) is 20.8 Å². The van der Waals surface area contributed by atoms with Crippen LogP contribution in [0.4, 0.5) is 0 Å². The maximum atomic E-state index is 12.4. The SMILES string of the molecule is COC[C@H](c1ccccn1)N(C)C(=O)CCc1ccncc1. The first-order valence-corrected chi connectivity index (χ1v) is 7.26. The van der Waals surface area contributed by atoms with Crippen LogP contribution in [0.3, 0.4) is 0 Å². The summed E-state index contributed by atoms with van der Waals surface area (Å²) in [6.07, 6.45) is 6.37. The predicted molar refractivity (Wildman–Crippen MR) is 84.2 cm³/mol. The molecule has 0 saturated carbocycles. The van der Waals surface area contributed by atoms with Crippen LogP contribution in [0.5, 0.6) is 0 Å². The van der Waals surface area contributed by atoms with Crippen molar-refractivity contribution < 1.29 is 9.53 Å². The number of nitrogens with zero attached hydrogens (tertiary/aromatic N) is 3. The molecule has 0 aliphatic carbocycles. The molecule has 116 valence electrons. The molecule has 22 heavy (non-hydrogen) atoms. The van der Waals surface area contributed by atoms with Gasteiger partial charge in [0.15, 0.2) is 0 Å². The number of pyridine rings is 2. The molecule has 0 saturated heterocycles. The van der Waals surface area contributed by atoms with Gasteiger partial charge in [-0.1, -0.05) is 6.07 Å². The van der Waals surface area contributed by atoms with Gasteiger partial charge in [-0.3, -0.25) is 14.8 Å². The standard InChI is InChI=1S/C17H21N3O2/c1-20(16(13-22-2)15-5-3-4-10-19-15)17(21)7-6-14-8-11-18-12-9-14/h3-5,8-12,16H,6-7,13H2,1-2H3/t16-/m1/s1. The van der Waals surface area contributed by atoms with Crippen molar-refractivity contribution in [1.29, 1.82) is 0 Å². The van der Waals surface area contributed by atoms with Gasteiger partial charge in [0.1, 0.15) is 0 Å². The van der Waals surface area contributed by atoms with Gasteiger partial charge in [0.05, 0.1) is 18.3 Å². The van der Waals surface area contributed by atoms with E-state index in [1.54, 1.807) is 37.6 Å². The number of ether oxygens (including phenoxy) is 1. The van der Waals surface area contributed by atoms with E-state index in [2.05, 4.69) is 9.97 Å². The third-order valence-electron chi connectivity index (χ3n) is 3.59. The summed E-state index contributed by atoms with van der Waals surface area (Å²) >= 11 is 0. The third-order valence-corrected chi connectivity index (χ3v) is 3.59. The van der Waals surface area contributed by atoms with Crippen LogP contribution in [0.2, 0.25) is 0 Å². The Hall–Kier alpha value is -2.27. The zero-order valence-electron chi connectivity index (χ0n) is 13.0. The van der Waals surface area contributed by atoms with Crippen molar-refractivity contribution in [3.63, 3.8) is 0 Å². The number of rotatable bonds is 7. The largest absolute Gasteiger partial charge is 0.382 e. The summed E-state index contributed by atoms with van der Waals surface area (Å²) < 4.78 is 5.25. The molecule has 0 radical (unpaired) electrons. The molecule has 0 N–H and O–H groups in total. The van der Waals surface area contributed by atoms with Crippen molar-refractivity contribution in [3.8, 4) is 0 Å². The predicted octanol–water partition coefficient (Wildman–Crippen LogP) is 2.26. The molecular weight excluding hydrogens is 278 g/mol. The molecule has 0 aliphatic heterocycles. The highest BCUT2D eigenvalue weighted by atomic mass is 16.5. The lowest BCUT2D eigenvalue weighted by atomic mass is 10.1. The number of methoxy groups -OCH3 is 1. The molecule has 1 atom stereocenters. The van der Waals surface area contributed by atoms with Gasteiger partial charge in [-0.25, -0.2) is 0 Å². The van der Waals surface area contributed by atoms with E-state index in [4.69, 9.17) is 4.74 Å². The van der Waals surface area contributed by atoms with E-state index >= 15 is 0 Å². The smallest absolute Gasteiger partial charge is 0.223 e. The van der Waals surface area contributed by atoms with E-state index in [-0.39, 0.29) is 11.9 Å². The minimum absolute atomic E-state index is 0.0736. The Morgan fingerprint density at radius 3 is 2.64 bits per heavy atom. The topological polar surface area (TPSA) is 55.3 Å². The van der Waals surface area contributed by atoms with Gasteiger partial charge < -0.3 is 9.64 Å². The molecule has 2 aromatic heterocycles. The number of carbonyl (C=O) groups is 1. The van der Waals surface area contributed by atoms with Crippen molar-refractivity contribution in [2.45, 2.75) is 18.9 Å². The van der Waals surface area contributed by atoms with Crippen LogP contribution >= 0.6 is 0 Å². The number of hydrogen-bond acceptors (Lipinski definition) is 4. The molecule has 5 nitrogen and oxygen atoms in total. The number of likely N-dealkylation sites (N-methyl/N-ethyl adjacent to an activating group) is 1. The summed E-state index contributed by atoms with van der Waals surface area (Å²) in [5, 5.41) is 0. The number of carbonyl (C=O) groups excluding carboxylic acids is 1. The Kier molecular flexibility index (Phi) is 6.03. The highest BCUT2D eigenvalue weighted by Crippen LogP contribution is 2.18. The molecule has 2 rings (SSSR count). The minimum Gasteiger partial charge on any atom is -0.382 e. The van der Waals surface area contributed by atoms with Crippen LogP contribution in [0, 0.1) is 0 Å². The second-order valence-corrected chi connectivity index (χ2v) is 5.09. The van der Waals surface area contributed by atoms with Crippen LogP contribution < -0.4 is 0 Å². The molecular formula is C17H21N3O2. The second kappa shape index (κ2) is 8.24. The van der Waals surface area contributed by atoms with Crippen LogP contribution in [-0.4, -0.2) is 41.5 Å². The van der Waals surface area contributed by atoms with Crippen molar-refractivity contribution in [1.82, 2.24) is 14.9 Å². The van der Waals surface area contributed by atoms with E-state index in [1.165, 1.54) is 0 Å². The van der Waals surface area contributed by atoms with Gasteiger partial charge in [0.2, 0.25) is 5.91 Å². The monoisotopic (exact) mass is 299 g/mol. The molecule has 2 heterocycles. The van der Waals surface area contributed by atoms with E-state index in [9.17, 15) is 4.79 Å². The lowest BCUT2D eigenvalue weighted by molar-refractivity contribution is -0.133. The minimum atomic E-state index is -0.170. The Balaban J connectivity index is 2.00. The molecule has 0 fully saturated rings. The summed E-state index contributed by atoms with van der Waals surface area (Å²) in [7, 11) is 3.43. The third kappa shape index (κ3) is 4.36. The van der Waals surface area contributed by atoms with E-state index in [0.29, 0.717) is 19.4 Å². The first kappa shape index (κ1) is 16.1. The lowest BCUT2D eigenvalue weighted by Crippen LogP contribution is -2.34. The summed E-state index contributed by atoms with van der Waals surface area (Å²) in [5.41, 5.74) is 1.95. The molecule has 0 aromatic carbocycles. The van der Waals surface area contributed by atoms with Gasteiger partial charge >= 0.3 is 0 Å². The fourth-order valence-corrected chi connectivity index (χ4v) is 2.28. The van der Waals surface area contributed by atoms with Crippen LogP contribution in [0.15, 0.2) is 48.9 Å². The molecule has 5 heteroatoms. The maximum absolute atomic E-state index is 12.4. The summed E-state index contributed by atoms with van der Waals surface area (Å²) in [5.74, 6) is 0.0736. The number of aromatic nitrogens is 2.